The number of aliphatic hydroxyl groups excluding tert-OH is 1. The van der Waals surface area contributed by atoms with E-state index in [0.717, 1.165) is 30.5 Å². The van der Waals surface area contributed by atoms with Crippen molar-refractivity contribution >= 4 is 5.95 Å². The maximum absolute atomic E-state index is 8.98. The Labute approximate surface area is 109 Å². The number of hydrogen-bond acceptors (Lipinski definition) is 4. The maximum atomic E-state index is 8.98. The minimum absolute atomic E-state index is 0.0128. The summed E-state index contributed by atoms with van der Waals surface area (Å²) in [5.74, 6) is 1.68. The number of nitrogens with zero attached hydrogens (tertiary/aromatic N) is 3. The summed E-state index contributed by atoms with van der Waals surface area (Å²) in [5, 5.41) is 8.98. The first-order chi connectivity index (χ1) is 8.83. The van der Waals surface area contributed by atoms with Gasteiger partial charge in [0.25, 0.3) is 0 Å². The Morgan fingerprint density at radius 2 is 2.06 bits per heavy atom. The van der Waals surface area contributed by atoms with E-state index in [2.05, 4.69) is 21.8 Å². The van der Waals surface area contributed by atoms with Crippen molar-refractivity contribution in [3.63, 3.8) is 0 Å². The van der Waals surface area contributed by atoms with Gasteiger partial charge in [-0.05, 0) is 25.2 Å². The van der Waals surface area contributed by atoms with Crippen LogP contribution >= 0.6 is 0 Å². The van der Waals surface area contributed by atoms with E-state index >= 15 is 0 Å². The average molecular weight is 249 g/mol. The Morgan fingerprint density at radius 3 is 2.72 bits per heavy atom. The van der Waals surface area contributed by atoms with Crippen LogP contribution in [0.1, 0.15) is 44.6 Å². The molecule has 1 aliphatic rings. The summed E-state index contributed by atoms with van der Waals surface area (Å²) in [7, 11) is 0. The molecule has 0 amide bonds. The van der Waals surface area contributed by atoms with Crippen molar-refractivity contribution in [3.05, 3.63) is 18.0 Å². The van der Waals surface area contributed by atoms with E-state index in [9.17, 15) is 0 Å². The van der Waals surface area contributed by atoms with Gasteiger partial charge in [-0.3, -0.25) is 0 Å². The van der Waals surface area contributed by atoms with Crippen LogP contribution in [0, 0.1) is 5.92 Å². The number of hydrogen-bond donors (Lipinski definition) is 1. The molecule has 0 radical (unpaired) electrons. The van der Waals surface area contributed by atoms with Crippen LogP contribution in [0.25, 0.3) is 0 Å². The highest BCUT2D eigenvalue weighted by Crippen LogP contribution is 2.23. The summed E-state index contributed by atoms with van der Waals surface area (Å²) in [6.07, 6.45) is 9.88. The molecule has 0 aromatic carbocycles. The molecule has 1 N–H and O–H groups in total. The van der Waals surface area contributed by atoms with Gasteiger partial charge in [0.05, 0.1) is 6.61 Å². The molecule has 1 aromatic rings. The Balaban J connectivity index is 1.96. The second kappa shape index (κ2) is 6.69. The van der Waals surface area contributed by atoms with Crippen molar-refractivity contribution < 1.29 is 5.11 Å². The van der Waals surface area contributed by atoms with Gasteiger partial charge in [0.1, 0.15) is 0 Å². The monoisotopic (exact) mass is 249 g/mol. The van der Waals surface area contributed by atoms with Crippen LogP contribution in [-0.4, -0.2) is 28.2 Å². The fourth-order valence-electron chi connectivity index (χ4n) is 2.66. The lowest BCUT2D eigenvalue weighted by Gasteiger charge is -2.20. The van der Waals surface area contributed by atoms with E-state index in [-0.39, 0.29) is 6.61 Å². The molecule has 2 rings (SSSR count). The minimum atomic E-state index is 0.0128. The van der Waals surface area contributed by atoms with Gasteiger partial charge in [0.2, 0.25) is 5.95 Å². The van der Waals surface area contributed by atoms with Crippen molar-refractivity contribution in [2.24, 2.45) is 5.92 Å². The van der Waals surface area contributed by atoms with E-state index in [4.69, 9.17) is 5.11 Å². The lowest BCUT2D eigenvalue weighted by atomic mass is 9.96. The Morgan fingerprint density at radius 1 is 1.28 bits per heavy atom. The zero-order valence-corrected chi connectivity index (χ0v) is 11.2. The lowest BCUT2D eigenvalue weighted by molar-refractivity contribution is 0.281. The molecule has 4 heteroatoms. The van der Waals surface area contributed by atoms with Crippen LogP contribution in [-0.2, 0) is 6.61 Å². The molecular weight excluding hydrogens is 226 g/mol. The molecule has 100 valence electrons. The quantitative estimate of drug-likeness (QED) is 0.890. The molecule has 1 aromatic heterocycles. The van der Waals surface area contributed by atoms with Gasteiger partial charge < -0.3 is 10.0 Å². The third kappa shape index (κ3) is 3.42. The predicted molar refractivity (Wildman–Crippen MR) is 72.4 cm³/mol. The molecule has 0 bridgehead atoms. The maximum Gasteiger partial charge on any atom is 0.225 e. The van der Waals surface area contributed by atoms with Crippen LogP contribution in [0.15, 0.2) is 12.4 Å². The van der Waals surface area contributed by atoms with Gasteiger partial charge in [-0.1, -0.05) is 19.8 Å². The van der Waals surface area contributed by atoms with Gasteiger partial charge in [-0.15, -0.1) is 0 Å². The third-order valence-electron chi connectivity index (χ3n) is 3.70. The van der Waals surface area contributed by atoms with Crippen molar-refractivity contribution in [3.8, 4) is 0 Å². The fraction of sp³-hybridized carbons (Fsp3) is 0.714. The van der Waals surface area contributed by atoms with E-state index in [1.54, 1.807) is 12.4 Å². The zero-order valence-electron chi connectivity index (χ0n) is 11.2. The Bertz CT molecular complexity index is 353. The first-order valence-electron chi connectivity index (χ1n) is 7.00. The molecule has 1 atom stereocenters. The molecule has 1 saturated heterocycles. The van der Waals surface area contributed by atoms with Crippen molar-refractivity contribution in [2.75, 3.05) is 18.0 Å². The van der Waals surface area contributed by atoms with Gasteiger partial charge in [-0.25, -0.2) is 9.97 Å². The van der Waals surface area contributed by atoms with E-state index < -0.39 is 0 Å². The standard InChI is InChI=1S/C14H23N3O/c1-2-4-12-5-3-7-17(8-6-12)14-15-9-13(11-18)10-16-14/h9-10,12,18H,2-8,11H2,1H3. The fourth-order valence-corrected chi connectivity index (χ4v) is 2.66. The van der Waals surface area contributed by atoms with E-state index in [1.165, 1.54) is 32.1 Å². The van der Waals surface area contributed by atoms with Crippen LogP contribution in [0.5, 0.6) is 0 Å². The highest BCUT2D eigenvalue weighted by atomic mass is 16.3. The van der Waals surface area contributed by atoms with Gasteiger partial charge in [0, 0.05) is 31.0 Å². The van der Waals surface area contributed by atoms with E-state index in [0.29, 0.717) is 0 Å². The zero-order chi connectivity index (χ0) is 12.8. The molecule has 1 aliphatic heterocycles. The summed E-state index contributed by atoms with van der Waals surface area (Å²) in [6, 6.07) is 0. The topological polar surface area (TPSA) is 49.2 Å². The summed E-state index contributed by atoms with van der Waals surface area (Å²) >= 11 is 0. The number of aliphatic hydroxyl groups is 1. The second-order valence-electron chi connectivity index (χ2n) is 5.12. The Hall–Kier alpha value is -1.16. The van der Waals surface area contributed by atoms with Crippen LogP contribution < -0.4 is 4.90 Å². The molecule has 1 unspecified atom stereocenters. The predicted octanol–water partition coefficient (Wildman–Crippen LogP) is 2.38. The molecule has 0 spiro atoms. The number of rotatable bonds is 4. The van der Waals surface area contributed by atoms with Gasteiger partial charge >= 0.3 is 0 Å². The first-order valence-corrected chi connectivity index (χ1v) is 7.00. The summed E-state index contributed by atoms with van der Waals surface area (Å²) in [5.41, 5.74) is 0.775. The summed E-state index contributed by atoms with van der Waals surface area (Å²) < 4.78 is 0. The van der Waals surface area contributed by atoms with Gasteiger partial charge in [-0.2, -0.15) is 0 Å². The normalized spacial score (nSPS) is 20.8. The first kappa shape index (κ1) is 13.3. The second-order valence-corrected chi connectivity index (χ2v) is 5.12. The van der Waals surface area contributed by atoms with Crippen molar-refractivity contribution in [1.29, 1.82) is 0 Å². The van der Waals surface area contributed by atoms with Crippen LogP contribution in [0.3, 0.4) is 0 Å². The molecule has 4 nitrogen and oxygen atoms in total. The van der Waals surface area contributed by atoms with Crippen LogP contribution in [0.4, 0.5) is 5.95 Å². The molecule has 0 aliphatic carbocycles. The molecule has 1 fully saturated rings. The molecule has 18 heavy (non-hydrogen) atoms. The molecular formula is C14H23N3O. The average Bonchev–Trinajstić information content (AvgIpc) is 2.65. The smallest absolute Gasteiger partial charge is 0.225 e. The third-order valence-corrected chi connectivity index (χ3v) is 3.70. The van der Waals surface area contributed by atoms with Gasteiger partial charge in [0.15, 0.2) is 0 Å². The summed E-state index contributed by atoms with van der Waals surface area (Å²) in [6.45, 7) is 4.39. The molecule has 2 heterocycles. The Kier molecular flexibility index (Phi) is 4.93. The molecule has 0 saturated carbocycles. The number of anilines is 1. The number of aromatic nitrogens is 2. The largest absolute Gasteiger partial charge is 0.392 e. The highest BCUT2D eigenvalue weighted by Gasteiger charge is 2.17. The lowest BCUT2D eigenvalue weighted by Crippen LogP contribution is -2.26. The highest BCUT2D eigenvalue weighted by molar-refractivity contribution is 5.29. The van der Waals surface area contributed by atoms with Crippen molar-refractivity contribution in [2.45, 2.75) is 45.6 Å². The van der Waals surface area contributed by atoms with E-state index in [1.807, 2.05) is 0 Å². The van der Waals surface area contributed by atoms with Crippen molar-refractivity contribution in [1.82, 2.24) is 9.97 Å². The minimum Gasteiger partial charge on any atom is -0.392 e. The van der Waals surface area contributed by atoms with Crippen LogP contribution in [0.2, 0.25) is 0 Å². The summed E-state index contributed by atoms with van der Waals surface area (Å²) in [4.78, 5) is 11.0. The SMILES string of the molecule is CCCC1CCCN(c2ncc(CO)cn2)CC1.